The lowest BCUT2D eigenvalue weighted by Gasteiger charge is -2.26. The molecule has 2 heterocycles. The summed E-state index contributed by atoms with van der Waals surface area (Å²) < 4.78 is 10.6. The molecule has 0 amide bonds. The minimum Gasteiger partial charge on any atom is -0.469 e. The Kier molecular flexibility index (Phi) is 3.50. The van der Waals surface area contributed by atoms with Gasteiger partial charge >= 0.3 is 0 Å². The van der Waals surface area contributed by atoms with Crippen molar-refractivity contribution in [3.05, 3.63) is 24.2 Å². The minimum atomic E-state index is -0.450. The summed E-state index contributed by atoms with van der Waals surface area (Å²) in [6, 6.07) is 3.71. The Hall–Kier alpha value is -0.450. The van der Waals surface area contributed by atoms with Crippen LogP contribution in [0, 0.1) is 0 Å². The van der Waals surface area contributed by atoms with Crippen LogP contribution >= 0.6 is 11.8 Å². The third-order valence-electron chi connectivity index (χ3n) is 2.26. The molecule has 0 spiro atoms. The van der Waals surface area contributed by atoms with Crippen LogP contribution in [-0.2, 0) is 11.2 Å². The number of hydrogen-bond acceptors (Lipinski definition) is 4. The molecule has 0 aromatic carbocycles. The first-order valence-corrected chi connectivity index (χ1v) is 5.91. The van der Waals surface area contributed by atoms with E-state index in [4.69, 9.17) is 9.15 Å². The van der Waals surface area contributed by atoms with Crippen LogP contribution in [0.15, 0.2) is 22.8 Å². The SMILES string of the molecule is OC(Cc1ccco1)C1CSCCO1. The summed E-state index contributed by atoms with van der Waals surface area (Å²) in [5, 5.41) is 9.85. The standard InChI is InChI=1S/C10H14O3S/c11-9(6-8-2-1-3-12-8)10-7-14-5-4-13-10/h1-3,9-11H,4-7H2. The molecule has 1 saturated heterocycles. The zero-order valence-corrected chi connectivity index (χ0v) is 8.70. The van der Waals surface area contributed by atoms with Crippen molar-refractivity contribution in [2.75, 3.05) is 18.1 Å². The average Bonchev–Trinajstić information content (AvgIpc) is 2.72. The van der Waals surface area contributed by atoms with Crippen LogP contribution < -0.4 is 0 Å². The first kappa shape index (κ1) is 10.1. The molecule has 2 rings (SSSR count). The smallest absolute Gasteiger partial charge is 0.106 e. The van der Waals surface area contributed by atoms with Crippen molar-refractivity contribution < 1.29 is 14.3 Å². The zero-order chi connectivity index (χ0) is 9.80. The Morgan fingerprint density at radius 3 is 3.21 bits per heavy atom. The molecule has 78 valence electrons. The van der Waals surface area contributed by atoms with E-state index in [9.17, 15) is 5.11 Å². The Bertz CT molecular complexity index is 254. The maximum absolute atomic E-state index is 9.85. The van der Waals surface area contributed by atoms with Crippen molar-refractivity contribution in [1.29, 1.82) is 0 Å². The number of rotatable bonds is 3. The highest BCUT2D eigenvalue weighted by Crippen LogP contribution is 2.18. The van der Waals surface area contributed by atoms with Crippen molar-refractivity contribution in [3.63, 3.8) is 0 Å². The normalized spacial score (nSPS) is 24.8. The first-order valence-electron chi connectivity index (χ1n) is 4.76. The van der Waals surface area contributed by atoms with Crippen LogP contribution in [0.25, 0.3) is 0 Å². The molecule has 4 heteroatoms. The summed E-state index contributed by atoms with van der Waals surface area (Å²) in [6.45, 7) is 0.741. The number of aliphatic hydroxyl groups excluding tert-OH is 1. The zero-order valence-electron chi connectivity index (χ0n) is 7.89. The van der Waals surface area contributed by atoms with E-state index >= 15 is 0 Å². The maximum Gasteiger partial charge on any atom is 0.106 e. The van der Waals surface area contributed by atoms with Gasteiger partial charge in [0.15, 0.2) is 0 Å². The molecule has 0 radical (unpaired) electrons. The topological polar surface area (TPSA) is 42.6 Å². The van der Waals surface area contributed by atoms with Crippen LogP contribution in [0.5, 0.6) is 0 Å². The molecule has 2 atom stereocenters. The van der Waals surface area contributed by atoms with Gasteiger partial charge in [-0.3, -0.25) is 0 Å². The van der Waals surface area contributed by atoms with Gasteiger partial charge in [0, 0.05) is 17.9 Å². The van der Waals surface area contributed by atoms with Gasteiger partial charge in [-0.15, -0.1) is 0 Å². The van der Waals surface area contributed by atoms with E-state index in [1.165, 1.54) is 0 Å². The average molecular weight is 214 g/mol. The van der Waals surface area contributed by atoms with Crippen molar-refractivity contribution in [1.82, 2.24) is 0 Å². The number of furan rings is 1. The van der Waals surface area contributed by atoms with Gasteiger partial charge < -0.3 is 14.3 Å². The minimum absolute atomic E-state index is 0.0427. The van der Waals surface area contributed by atoms with E-state index in [1.807, 2.05) is 23.9 Å². The molecule has 3 nitrogen and oxygen atoms in total. The number of aliphatic hydroxyl groups is 1. The Morgan fingerprint density at radius 2 is 2.57 bits per heavy atom. The molecule has 0 bridgehead atoms. The molecule has 1 aliphatic heterocycles. The van der Waals surface area contributed by atoms with Gasteiger partial charge in [0.25, 0.3) is 0 Å². The van der Waals surface area contributed by atoms with E-state index < -0.39 is 6.10 Å². The molecule has 1 fully saturated rings. The van der Waals surface area contributed by atoms with Gasteiger partial charge in [0.1, 0.15) is 5.76 Å². The lowest BCUT2D eigenvalue weighted by molar-refractivity contribution is -0.0226. The molecule has 1 N–H and O–H groups in total. The second-order valence-electron chi connectivity index (χ2n) is 3.33. The molecule has 0 saturated carbocycles. The van der Waals surface area contributed by atoms with Gasteiger partial charge in [0.05, 0.1) is 25.1 Å². The van der Waals surface area contributed by atoms with Crippen LogP contribution in [0.3, 0.4) is 0 Å². The van der Waals surface area contributed by atoms with Gasteiger partial charge in [0.2, 0.25) is 0 Å². The fraction of sp³-hybridized carbons (Fsp3) is 0.600. The molecule has 1 aliphatic rings. The Morgan fingerprint density at radius 1 is 1.64 bits per heavy atom. The highest BCUT2D eigenvalue weighted by molar-refractivity contribution is 7.99. The molecular formula is C10H14O3S. The lowest BCUT2D eigenvalue weighted by atomic mass is 10.1. The highest BCUT2D eigenvalue weighted by atomic mass is 32.2. The van der Waals surface area contributed by atoms with Gasteiger partial charge in [-0.2, -0.15) is 11.8 Å². The van der Waals surface area contributed by atoms with Gasteiger partial charge in [-0.1, -0.05) is 0 Å². The summed E-state index contributed by atoms with van der Waals surface area (Å²) in [7, 11) is 0. The van der Waals surface area contributed by atoms with E-state index in [-0.39, 0.29) is 6.10 Å². The molecule has 0 aliphatic carbocycles. The summed E-state index contributed by atoms with van der Waals surface area (Å²) in [5.74, 6) is 2.72. The first-order chi connectivity index (χ1) is 6.86. The summed E-state index contributed by atoms with van der Waals surface area (Å²) in [6.07, 6.45) is 1.67. The molecule has 1 aromatic rings. The van der Waals surface area contributed by atoms with Crippen LogP contribution in [0.2, 0.25) is 0 Å². The number of ether oxygens (including phenoxy) is 1. The van der Waals surface area contributed by atoms with E-state index in [1.54, 1.807) is 6.26 Å². The van der Waals surface area contributed by atoms with Crippen LogP contribution in [-0.4, -0.2) is 35.4 Å². The monoisotopic (exact) mass is 214 g/mol. The third kappa shape index (κ3) is 2.53. The highest BCUT2D eigenvalue weighted by Gasteiger charge is 2.23. The summed E-state index contributed by atoms with van der Waals surface area (Å²) in [4.78, 5) is 0. The lowest BCUT2D eigenvalue weighted by Crippen LogP contribution is -2.36. The van der Waals surface area contributed by atoms with Crippen molar-refractivity contribution >= 4 is 11.8 Å². The van der Waals surface area contributed by atoms with Crippen molar-refractivity contribution in [2.24, 2.45) is 0 Å². The molecule has 14 heavy (non-hydrogen) atoms. The van der Waals surface area contributed by atoms with E-state index in [0.717, 1.165) is 23.9 Å². The molecular weight excluding hydrogens is 200 g/mol. The fourth-order valence-corrected chi connectivity index (χ4v) is 2.43. The van der Waals surface area contributed by atoms with Gasteiger partial charge in [-0.25, -0.2) is 0 Å². The van der Waals surface area contributed by atoms with Crippen molar-refractivity contribution in [3.8, 4) is 0 Å². The largest absolute Gasteiger partial charge is 0.469 e. The van der Waals surface area contributed by atoms with Gasteiger partial charge in [-0.05, 0) is 12.1 Å². The summed E-state index contributed by atoms with van der Waals surface area (Å²) in [5.41, 5.74) is 0. The fourth-order valence-electron chi connectivity index (χ4n) is 1.49. The van der Waals surface area contributed by atoms with Crippen LogP contribution in [0.1, 0.15) is 5.76 Å². The Balaban J connectivity index is 1.85. The quantitative estimate of drug-likeness (QED) is 0.824. The second kappa shape index (κ2) is 4.87. The third-order valence-corrected chi connectivity index (χ3v) is 3.28. The maximum atomic E-state index is 9.85. The Labute approximate surface area is 87.4 Å². The number of hydrogen-bond donors (Lipinski definition) is 1. The predicted octanol–water partition coefficient (Wildman–Crippen LogP) is 1.31. The van der Waals surface area contributed by atoms with Crippen LogP contribution in [0.4, 0.5) is 0 Å². The van der Waals surface area contributed by atoms with Crippen molar-refractivity contribution in [2.45, 2.75) is 18.6 Å². The van der Waals surface area contributed by atoms with E-state index in [0.29, 0.717) is 6.42 Å². The molecule has 2 unspecified atom stereocenters. The summed E-state index contributed by atoms with van der Waals surface area (Å²) >= 11 is 1.83. The second-order valence-corrected chi connectivity index (χ2v) is 4.48. The van der Waals surface area contributed by atoms with E-state index in [2.05, 4.69) is 0 Å². The molecule has 1 aromatic heterocycles. The number of thioether (sulfide) groups is 1. The predicted molar refractivity (Wildman–Crippen MR) is 55.5 cm³/mol.